The van der Waals surface area contributed by atoms with Gasteiger partial charge >= 0.3 is 5.97 Å². The summed E-state index contributed by atoms with van der Waals surface area (Å²) < 4.78 is 5.17. The van der Waals surface area contributed by atoms with Crippen molar-refractivity contribution in [2.75, 3.05) is 32.8 Å². The Hall–Kier alpha value is -2.37. The van der Waals surface area contributed by atoms with Gasteiger partial charge in [0, 0.05) is 39.0 Å². The van der Waals surface area contributed by atoms with Crippen molar-refractivity contribution in [2.45, 2.75) is 52.4 Å². The highest BCUT2D eigenvalue weighted by Gasteiger charge is 2.38. The summed E-state index contributed by atoms with van der Waals surface area (Å²) in [5, 5.41) is 0. The monoisotopic (exact) mass is 414 g/mol. The maximum absolute atomic E-state index is 13.4. The van der Waals surface area contributed by atoms with Gasteiger partial charge in [0.1, 0.15) is 0 Å². The second-order valence-corrected chi connectivity index (χ2v) is 8.52. The molecular formula is C24H34N2O4. The largest absolute Gasteiger partial charge is 0.466 e. The summed E-state index contributed by atoms with van der Waals surface area (Å²) in [6.45, 7) is 8.05. The molecule has 1 aromatic carbocycles. The van der Waals surface area contributed by atoms with Gasteiger partial charge in [-0.05, 0) is 43.7 Å². The van der Waals surface area contributed by atoms with Gasteiger partial charge in [0.25, 0.3) is 0 Å². The average molecular weight is 415 g/mol. The number of esters is 1. The summed E-state index contributed by atoms with van der Waals surface area (Å²) in [5.41, 5.74) is 2.46. The summed E-state index contributed by atoms with van der Waals surface area (Å²) in [5.74, 6) is -0.478. The topological polar surface area (TPSA) is 66.9 Å². The van der Waals surface area contributed by atoms with Crippen molar-refractivity contribution in [3.63, 3.8) is 0 Å². The number of likely N-dealkylation sites (tertiary alicyclic amines) is 2. The van der Waals surface area contributed by atoms with Gasteiger partial charge < -0.3 is 14.5 Å². The number of aryl methyl sites for hydroxylation is 1. The molecule has 0 aromatic heterocycles. The summed E-state index contributed by atoms with van der Waals surface area (Å²) in [6, 6.07) is 8.53. The highest BCUT2D eigenvalue weighted by atomic mass is 16.5. The number of hydrogen-bond donors (Lipinski definition) is 0. The van der Waals surface area contributed by atoms with E-state index in [0.717, 1.165) is 25.7 Å². The van der Waals surface area contributed by atoms with Crippen LogP contribution in [0.1, 0.15) is 57.1 Å². The van der Waals surface area contributed by atoms with Crippen LogP contribution in [0.5, 0.6) is 0 Å². The van der Waals surface area contributed by atoms with Gasteiger partial charge in [-0.1, -0.05) is 31.2 Å². The van der Waals surface area contributed by atoms with Crippen LogP contribution in [0.25, 0.3) is 0 Å². The molecule has 0 saturated carbocycles. The smallest absolute Gasteiger partial charge is 0.310 e. The molecule has 2 aliphatic heterocycles. The summed E-state index contributed by atoms with van der Waals surface area (Å²) >= 11 is 0. The van der Waals surface area contributed by atoms with Gasteiger partial charge in [-0.3, -0.25) is 14.4 Å². The number of hydrogen-bond acceptors (Lipinski definition) is 4. The number of rotatable bonds is 5. The predicted octanol–water partition coefficient (Wildman–Crippen LogP) is 3.00. The zero-order valence-corrected chi connectivity index (χ0v) is 18.4. The van der Waals surface area contributed by atoms with Gasteiger partial charge in [-0.15, -0.1) is 0 Å². The Kier molecular flexibility index (Phi) is 7.51. The molecule has 2 heterocycles. The predicted molar refractivity (Wildman–Crippen MR) is 115 cm³/mol. The molecule has 0 aliphatic carbocycles. The Morgan fingerprint density at radius 3 is 2.33 bits per heavy atom. The van der Waals surface area contributed by atoms with Crippen molar-refractivity contribution in [3.05, 3.63) is 35.4 Å². The average Bonchev–Trinajstić information content (AvgIpc) is 2.78. The first-order valence-electron chi connectivity index (χ1n) is 11.2. The van der Waals surface area contributed by atoms with Crippen LogP contribution in [-0.4, -0.2) is 60.4 Å². The van der Waals surface area contributed by atoms with Crippen LogP contribution >= 0.6 is 0 Å². The molecule has 3 rings (SSSR count). The van der Waals surface area contributed by atoms with E-state index in [1.807, 2.05) is 4.90 Å². The number of carbonyl (C=O) groups excluding carboxylic acids is 3. The maximum Gasteiger partial charge on any atom is 0.310 e. The summed E-state index contributed by atoms with van der Waals surface area (Å²) in [4.78, 5) is 41.3. The van der Waals surface area contributed by atoms with Crippen molar-refractivity contribution in [1.82, 2.24) is 9.80 Å². The SMILES string of the molecule is CCOC(=O)C1CCCN(C(=O)C2CC(c3ccc(CC)cc3)CN(C(C)=O)C2)C1. The fraction of sp³-hybridized carbons (Fsp3) is 0.625. The Morgan fingerprint density at radius 2 is 1.70 bits per heavy atom. The minimum absolute atomic E-state index is 0.00530. The molecule has 2 aliphatic rings. The first-order chi connectivity index (χ1) is 14.4. The van der Waals surface area contributed by atoms with E-state index >= 15 is 0 Å². The number of carbonyl (C=O) groups is 3. The Morgan fingerprint density at radius 1 is 1.00 bits per heavy atom. The molecule has 3 unspecified atom stereocenters. The van der Waals surface area contributed by atoms with Crippen molar-refractivity contribution in [2.24, 2.45) is 11.8 Å². The van der Waals surface area contributed by atoms with Crippen molar-refractivity contribution >= 4 is 17.8 Å². The second-order valence-electron chi connectivity index (χ2n) is 8.52. The molecule has 6 nitrogen and oxygen atoms in total. The van der Waals surface area contributed by atoms with E-state index in [-0.39, 0.29) is 35.5 Å². The van der Waals surface area contributed by atoms with Crippen LogP contribution < -0.4 is 0 Å². The second kappa shape index (κ2) is 10.1. The Balaban J connectivity index is 1.73. The van der Waals surface area contributed by atoms with Crippen molar-refractivity contribution in [1.29, 1.82) is 0 Å². The quantitative estimate of drug-likeness (QED) is 0.695. The van der Waals surface area contributed by atoms with E-state index < -0.39 is 0 Å². The Labute approximate surface area is 179 Å². The van der Waals surface area contributed by atoms with Crippen LogP contribution in [0.3, 0.4) is 0 Å². The van der Waals surface area contributed by atoms with E-state index in [4.69, 9.17) is 4.74 Å². The molecular weight excluding hydrogens is 380 g/mol. The van der Waals surface area contributed by atoms with Gasteiger partial charge in [-0.2, -0.15) is 0 Å². The lowest BCUT2D eigenvalue weighted by Crippen LogP contribution is -2.51. The minimum atomic E-state index is -0.243. The highest BCUT2D eigenvalue weighted by Crippen LogP contribution is 2.32. The molecule has 0 spiro atoms. The summed E-state index contributed by atoms with van der Waals surface area (Å²) in [6.07, 6.45) is 3.29. The lowest BCUT2D eigenvalue weighted by atomic mass is 9.83. The molecule has 30 heavy (non-hydrogen) atoms. The molecule has 0 radical (unpaired) electrons. The van der Waals surface area contributed by atoms with Crippen LogP contribution in [0.15, 0.2) is 24.3 Å². The van der Waals surface area contributed by atoms with Gasteiger partial charge in [0.2, 0.25) is 11.8 Å². The third-order valence-electron chi connectivity index (χ3n) is 6.46. The lowest BCUT2D eigenvalue weighted by molar-refractivity contribution is -0.152. The number of ether oxygens (including phenoxy) is 1. The number of nitrogens with zero attached hydrogens (tertiary/aromatic N) is 2. The molecule has 0 bridgehead atoms. The van der Waals surface area contributed by atoms with Crippen molar-refractivity contribution < 1.29 is 19.1 Å². The standard InChI is InChI=1S/C24H34N2O4/c1-4-18-8-10-19(11-9-18)21-13-22(16-26(15-21)17(3)27)23(28)25-12-6-7-20(14-25)24(29)30-5-2/h8-11,20-22H,4-7,12-16H2,1-3H3. The summed E-state index contributed by atoms with van der Waals surface area (Å²) in [7, 11) is 0. The third-order valence-corrected chi connectivity index (χ3v) is 6.46. The van der Waals surface area contributed by atoms with Crippen LogP contribution in [-0.2, 0) is 25.5 Å². The van der Waals surface area contributed by atoms with E-state index in [0.29, 0.717) is 32.8 Å². The first-order valence-corrected chi connectivity index (χ1v) is 11.2. The molecule has 164 valence electrons. The van der Waals surface area contributed by atoms with Gasteiger partial charge in [-0.25, -0.2) is 0 Å². The molecule has 2 fully saturated rings. The highest BCUT2D eigenvalue weighted by molar-refractivity contribution is 5.82. The van der Waals surface area contributed by atoms with E-state index in [1.54, 1.807) is 18.7 Å². The molecule has 2 saturated heterocycles. The Bertz CT molecular complexity index is 761. The zero-order chi connectivity index (χ0) is 21.7. The number of benzene rings is 1. The van der Waals surface area contributed by atoms with Crippen LogP contribution in [0.4, 0.5) is 0 Å². The van der Waals surface area contributed by atoms with Gasteiger partial charge in [0.05, 0.1) is 18.4 Å². The number of piperidine rings is 2. The molecule has 6 heteroatoms. The van der Waals surface area contributed by atoms with E-state index in [2.05, 4.69) is 31.2 Å². The van der Waals surface area contributed by atoms with Crippen LogP contribution in [0.2, 0.25) is 0 Å². The fourth-order valence-corrected chi connectivity index (χ4v) is 4.69. The molecule has 1 aromatic rings. The fourth-order valence-electron chi connectivity index (χ4n) is 4.69. The normalized spacial score (nSPS) is 24.4. The van der Waals surface area contributed by atoms with E-state index in [9.17, 15) is 14.4 Å². The van der Waals surface area contributed by atoms with Crippen LogP contribution in [0, 0.1) is 11.8 Å². The first kappa shape index (κ1) is 22.3. The molecule has 0 N–H and O–H groups in total. The maximum atomic E-state index is 13.4. The number of amides is 2. The third kappa shape index (κ3) is 5.21. The molecule has 2 amide bonds. The lowest BCUT2D eigenvalue weighted by Gasteiger charge is -2.40. The van der Waals surface area contributed by atoms with E-state index in [1.165, 1.54) is 11.1 Å². The van der Waals surface area contributed by atoms with Gasteiger partial charge in [0.15, 0.2) is 0 Å². The zero-order valence-electron chi connectivity index (χ0n) is 18.4. The minimum Gasteiger partial charge on any atom is -0.466 e. The van der Waals surface area contributed by atoms with Crippen molar-refractivity contribution in [3.8, 4) is 0 Å². The molecule has 3 atom stereocenters.